The Hall–Kier alpha value is -1.37. The highest BCUT2D eigenvalue weighted by Crippen LogP contribution is 2.24. The SMILES string of the molecule is O=S(=O)(Nc1cc(Cl)ccn1)c1ccc(F)cc1Cl. The minimum absolute atomic E-state index is 0.0490. The molecule has 0 radical (unpaired) electrons. The smallest absolute Gasteiger partial charge is 0.263 e. The van der Waals surface area contributed by atoms with E-state index in [0.717, 1.165) is 18.2 Å². The zero-order valence-electron chi connectivity index (χ0n) is 9.27. The third-order valence-corrected chi connectivity index (χ3v) is 4.22. The van der Waals surface area contributed by atoms with Crippen LogP contribution in [-0.2, 0) is 10.0 Å². The molecule has 2 aromatic rings. The molecule has 0 atom stereocenters. The normalized spacial score (nSPS) is 11.3. The van der Waals surface area contributed by atoms with Crippen molar-refractivity contribution in [2.45, 2.75) is 4.90 Å². The molecule has 0 aliphatic carbocycles. The number of benzene rings is 1. The van der Waals surface area contributed by atoms with Gasteiger partial charge >= 0.3 is 0 Å². The van der Waals surface area contributed by atoms with Gasteiger partial charge in [0.1, 0.15) is 16.5 Å². The summed E-state index contributed by atoms with van der Waals surface area (Å²) in [5, 5.41) is 0.118. The topological polar surface area (TPSA) is 59.1 Å². The molecule has 0 fully saturated rings. The molecule has 100 valence electrons. The molecule has 0 spiro atoms. The summed E-state index contributed by atoms with van der Waals surface area (Å²) < 4.78 is 39.2. The Morgan fingerprint density at radius 1 is 1.16 bits per heavy atom. The molecule has 4 nitrogen and oxygen atoms in total. The van der Waals surface area contributed by atoms with Crippen LogP contribution in [0.4, 0.5) is 10.2 Å². The summed E-state index contributed by atoms with van der Waals surface area (Å²) in [5.74, 6) is -0.572. The summed E-state index contributed by atoms with van der Waals surface area (Å²) in [7, 11) is -3.95. The fraction of sp³-hybridized carbons (Fsp3) is 0. The summed E-state index contributed by atoms with van der Waals surface area (Å²) >= 11 is 11.4. The Kier molecular flexibility index (Phi) is 3.93. The van der Waals surface area contributed by atoms with Crippen LogP contribution in [0.5, 0.6) is 0 Å². The summed E-state index contributed by atoms with van der Waals surface area (Å²) in [5.41, 5.74) is 0. The number of nitrogens with zero attached hydrogens (tertiary/aromatic N) is 1. The summed E-state index contributed by atoms with van der Waals surface area (Å²) in [6.45, 7) is 0. The van der Waals surface area contributed by atoms with Crippen LogP contribution in [0.15, 0.2) is 41.4 Å². The quantitative estimate of drug-likeness (QED) is 0.943. The fourth-order valence-corrected chi connectivity index (χ4v) is 3.04. The van der Waals surface area contributed by atoms with Gasteiger partial charge in [0.2, 0.25) is 0 Å². The van der Waals surface area contributed by atoms with Gasteiger partial charge in [0.05, 0.1) is 5.02 Å². The van der Waals surface area contributed by atoms with Crippen LogP contribution in [-0.4, -0.2) is 13.4 Å². The Bertz CT molecular complexity index is 722. The van der Waals surface area contributed by atoms with Crippen LogP contribution in [0.3, 0.4) is 0 Å². The lowest BCUT2D eigenvalue weighted by atomic mass is 10.3. The number of sulfonamides is 1. The highest BCUT2D eigenvalue weighted by Gasteiger charge is 2.19. The second-order valence-electron chi connectivity index (χ2n) is 3.54. The second kappa shape index (κ2) is 5.32. The van der Waals surface area contributed by atoms with E-state index in [2.05, 4.69) is 9.71 Å². The maximum absolute atomic E-state index is 12.9. The molecule has 1 aromatic heterocycles. The average Bonchev–Trinajstić information content (AvgIpc) is 2.27. The average molecular weight is 321 g/mol. The molecule has 1 heterocycles. The van der Waals surface area contributed by atoms with Gasteiger partial charge in [-0.25, -0.2) is 17.8 Å². The van der Waals surface area contributed by atoms with Crippen molar-refractivity contribution in [1.82, 2.24) is 4.98 Å². The van der Waals surface area contributed by atoms with E-state index >= 15 is 0 Å². The van der Waals surface area contributed by atoms with Crippen molar-refractivity contribution in [3.8, 4) is 0 Å². The van der Waals surface area contributed by atoms with Crippen LogP contribution < -0.4 is 4.72 Å². The first-order valence-electron chi connectivity index (χ1n) is 4.98. The van der Waals surface area contributed by atoms with E-state index < -0.39 is 15.8 Å². The van der Waals surface area contributed by atoms with Gasteiger partial charge in [-0.3, -0.25) is 4.72 Å². The van der Waals surface area contributed by atoms with E-state index in [4.69, 9.17) is 23.2 Å². The predicted octanol–water partition coefficient (Wildman–Crippen LogP) is 3.33. The standard InChI is InChI=1S/C11H7Cl2FN2O2S/c12-7-3-4-15-11(5-7)16-19(17,18)10-2-1-8(14)6-9(10)13/h1-6H,(H,15,16). The first-order valence-corrected chi connectivity index (χ1v) is 7.22. The molecule has 8 heteroatoms. The van der Waals surface area contributed by atoms with Gasteiger partial charge in [-0.2, -0.15) is 0 Å². The lowest BCUT2D eigenvalue weighted by molar-refractivity contribution is 0.599. The molecular formula is C11H7Cl2FN2O2S. The monoisotopic (exact) mass is 320 g/mol. The van der Waals surface area contributed by atoms with E-state index in [1.807, 2.05) is 0 Å². The number of rotatable bonds is 3. The molecule has 0 aliphatic heterocycles. The largest absolute Gasteiger partial charge is 0.264 e. The number of halogens is 3. The molecule has 0 saturated carbocycles. The van der Waals surface area contributed by atoms with E-state index in [-0.39, 0.29) is 15.7 Å². The molecule has 1 aromatic carbocycles. The number of anilines is 1. The van der Waals surface area contributed by atoms with Gasteiger partial charge < -0.3 is 0 Å². The molecule has 0 amide bonds. The minimum atomic E-state index is -3.95. The fourth-order valence-electron chi connectivity index (χ4n) is 1.35. The van der Waals surface area contributed by atoms with Gasteiger partial charge in [0, 0.05) is 17.3 Å². The third-order valence-electron chi connectivity index (χ3n) is 2.14. The van der Waals surface area contributed by atoms with Crippen molar-refractivity contribution >= 4 is 39.0 Å². The number of hydrogen-bond donors (Lipinski definition) is 1. The molecule has 0 bridgehead atoms. The molecule has 2 rings (SSSR count). The third kappa shape index (κ3) is 3.34. The van der Waals surface area contributed by atoms with Gasteiger partial charge in [-0.1, -0.05) is 23.2 Å². The first-order chi connectivity index (χ1) is 8.88. The summed E-state index contributed by atoms with van der Waals surface area (Å²) in [6, 6.07) is 5.85. The van der Waals surface area contributed by atoms with Crippen molar-refractivity contribution < 1.29 is 12.8 Å². The van der Waals surface area contributed by atoms with E-state index in [0.29, 0.717) is 5.02 Å². The lowest BCUT2D eigenvalue weighted by Gasteiger charge is -2.08. The second-order valence-corrected chi connectivity index (χ2v) is 6.03. The van der Waals surface area contributed by atoms with Crippen LogP contribution in [0.25, 0.3) is 0 Å². The van der Waals surface area contributed by atoms with Crippen molar-refractivity contribution in [3.63, 3.8) is 0 Å². The number of hydrogen-bond acceptors (Lipinski definition) is 3. The zero-order chi connectivity index (χ0) is 14.0. The van der Waals surface area contributed by atoms with E-state index in [1.54, 1.807) is 0 Å². The van der Waals surface area contributed by atoms with Gasteiger partial charge in [-0.15, -0.1) is 0 Å². The Labute approximate surface area is 119 Å². The van der Waals surface area contributed by atoms with Crippen LogP contribution in [0.1, 0.15) is 0 Å². The molecule has 0 saturated heterocycles. The number of nitrogens with one attached hydrogen (secondary N) is 1. The highest BCUT2D eigenvalue weighted by atomic mass is 35.5. The maximum atomic E-state index is 12.9. The maximum Gasteiger partial charge on any atom is 0.264 e. The molecule has 19 heavy (non-hydrogen) atoms. The zero-order valence-corrected chi connectivity index (χ0v) is 11.6. The van der Waals surface area contributed by atoms with Crippen LogP contribution in [0.2, 0.25) is 10.0 Å². The molecule has 0 unspecified atom stereocenters. The van der Waals surface area contributed by atoms with Crippen molar-refractivity contribution in [1.29, 1.82) is 0 Å². The van der Waals surface area contributed by atoms with Crippen LogP contribution >= 0.6 is 23.2 Å². The molecule has 1 N–H and O–H groups in total. The summed E-state index contributed by atoms with van der Waals surface area (Å²) in [6.07, 6.45) is 1.35. The molecular weight excluding hydrogens is 314 g/mol. The first kappa shape index (κ1) is 14.0. The number of pyridine rings is 1. The van der Waals surface area contributed by atoms with E-state index in [9.17, 15) is 12.8 Å². The Balaban J connectivity index is 2.38. The van der Waals surface area contributed by atoms with Gasteiger partial charge in [-0.05, 0) is 24.3 Å². The number of aromatic nitrogens is 1. The summed E-state index contributed by atoms with van der Waals surface area (Å²) in [4.78, 5) is 3.57. The Morgan fingerprint density at radius 3 is 2.53 bits per heavy atom. The van der Waals surface area contributed by atoms with Crippen molar-refractivity contribution in [2.24, 2.45) is 0 Å². The van der Waals surface area contributed by atoms with Crippen molar-refractivity contribution in [2.75, 3.05) is 4.72 Å². The van der Waals surface area contributed by atoms with Crippen LogP contribution in [0, 0.1) is 5.82 Å². The minimum Gasteiger partial charge on any atom is -0.263 e. The van der Waals surface area contributed by atoms with Gasteiger partial charge in [0.25, 0.3) is 10.0 Å². The van der Waals surface area contributed by atoms with Gasteiger partial charge in [0.15, 0.2) is 0 Å². The lowest BCUT2D eigenvalue weighted by Crippen LogP contribution is -2.14. The van der Waals surface area contributed by atoms with Crippen molar-refractivity contribution in [3.05, 3.63) is 52.4 Å². The molecule has 0 aliphatic rings. The van der Waals surface area contributed by atoms with E-state index in [1.165, 1.54) is 18.3 Å². The Morgan fingerprint density at radius 2 is 1.89 bits per heavy atom. The highest BCUT2D eigenvalue weighted by molar-refractivity contribution is 7.92. The predicted molar refractivity (Wildman–Crippen MR) is 71.5 cm³/mol.